The second kappa shape index (κ2) is 8.66. The van der Waals surface area contributed by atoms with Gasteiger partial charge in [-0.1, -0.05) is 18.2 Å². The summed E-state index contributed by atoms with van der Waals surface area (Å²) in [6, 6.07) is 12.0. The van der Waals surface area contributed by atoms with E-state index in [2.05, 4.69) is 5.32 Å². The second-order valence-electron chi connectivity index (χ2n) is 8.03. The van der Waals surface area contributed by atoms with E-state index in [0.717, 1.165) is 16.1 Å². The number of fused-ring (bicyclic) bond motifs is 1. The summed E-state index contributed by atoms with van der Waals surface area (Å²) >= 11 is 0. The molecule has 1 aliphatic heterocycles. The molecule has 0 saturated carbocycles. The molecule has 9 heteroatoms. The first kappa shape index (κ1) is 22.7. The molecule has 0 aromatic heterocycles. The molecule has 0 spiro atoms. The van der Waals surface area contributed by atoms with E-state index in [1.807, 2.05) is 38.1 Å². The van der Waals surface area contributed by atoms with Crippen molar-refractivity contribution >= 4 is 21.6 Å². The number of amides is 1. The van der Waals surface area contributed by atoms with Gasteiger partial charge in [-0.05, 0) is 32.0 Å². The maximum atomic E-state index is 13.0. The fourth-order valence-corrected chi connectivity index (χ4v) is 4.53. The molecule has 8 nitrogen and oxygen atoms in total. The Kier molecular flexibility index (Phi) is 6.35. The quantitative estimate of drug-likeness (QED) is 0.700. The molecular formula is C22H28N2O6S. The van der Waals surface area contributed by atoms with Crippen LogP contribution < -0.4 is 23.8 Å². The Morgan fingerprint density at radius 2 is 1.90 bits per heavy atom. The first-order valence-electron chi connectivity index (χ1n) is 9.81. The highest BCUT2D eigenvalue weighted by Gasteiger charge is 2.35. The number of para-hydroxylation sites is 1. The molecule has 2 aromatic carbocycles. The average molecular weight is 449 g/mol. The number of hydrogen-bond donors (Lipinski definition) is 1. The summed E-state index contributed by atoms with van der Waals surface area (Å²) in [7, 11) is -0.866. The molecule has 0 saturated heterocycles. The van der Waals surface area contributed by atoms with Crippen LogP contribution >= 0.6 is 0 Å². The summed E-state index contributed by atoms with van der Waals surface area (Å²) in [4.78, 5) is 13.0. The van der Waals surface area contributed by atoms with Crippen molar-refractivity contribution < 1.29 is 27.4 Å². The lowest BCUT2D eigenvalue weighted by Gasteiger charge is -2.38. The lowest BCUT2D eigenvalue weighted by molar-refractivity contribution is -0.120. The minimum absolute atomic E-state index is 0.229. The Morgan fingerprint density at radius 1 is 1.19 bits per heavy atom. The lowest BCUT2D eigenvalue weighted by Crippen LogP contribution is -2.45. The minimum Gasteiger partial charge on any atom is -0.497 e. The highest BCUT2D eigenvalue weighted by atomic mass is 32.2. The van der Waals surface area contributed by atoms with Crippen LogP contribution in [0, 0.1) is 0 Å². The minimum atomic E-state index is -3.78. The smallest absolute Gasteiger partial charge is 0.241 e. The second-order valence-corrected chi connectivity index (χ2v) is 9.94. The molecule has 1 N–H and O–H groups in total. The van der Waals surface area contributed by atoms with Crippen LogP contribution in [0.15, 0.2) is 42.5 Å². The van der Waals surface area contributed by atoms with Gasteiger partial charge >= 0.3 is 0 Å². The number of benzene rings is 2. The number of ether oxygens (including phenoxy) is 3. The van der Waals surface area contributed by atoms with Gasteiger partial charge in [0.15, 0.2) is 0 Å². The van der Waals surface area contributed by atoms with Gasteiger partial charge in [0.2, 0.25) is 15.9 Å². The van der Waals surface area contributed by atoms with Crippen LogP contribution in [0.2, 0.25) is 0 Å². The van der Waals surface area contributed by atoms with Crippen LogP contribution in [0.25, 0.3) is 0 Å². The van der Waals surface area contributed by atoms with Gasteiger partial charge in [0.25, 0.3) is 0 Å². The standard InChI is InChI=1S/C22H28N2O6S/c1-22(2)13-17(16-8-6-7-9-19(16)30-22)23-21(25)14-24(31(5,26)27)18-12-15(28-3)10-11-20(18)29-4/h6-12,17H,13-14H2,1-5H3,(H,23,25)/t17-/m0/s1. The van der Waals surface area contributed by atoms with Crippen LogP contribution in [0.3, 0.4) is 0 Å². The van der Waals surface area contributed by atoms with Gasteiger partial charge in [-0.25, -0.2) is 8.42 Å². The molecule has 3 rings (SSSR count). The highest BCUT2D eigenvalue weighted by molar-refractivity contribution is 7.92. The zero-order valence-corrected chi connectivity index (χ0v) is 19.2. The average Bonchev–Trinajstić information content (AvgIpc) is 2.70. The Hall–Kier alpha value is -2.94. The fourth-order valence-electron chi connectivity index (χ4n) is 3.67. The zero-order chi connectivity index (χ0) is 22.8. The highest BCUT2D eigenvalue weighted by Crippen LogP contribution is 2.39. The van der Waals surface area contributed by atoms with Gasteiger partial charge in [-0.2, -0.15) is 0 Å². The van der Waals surface area contributed by atoms with E-state index in [1.165, 1.54) is 20.3 Å². The van der Waals surface area contributed by atoms with E-state index in [9.17, 15) is 13.2 Å². The lowest BCUT2D eigenvalue weighted by atomic mass is 9.89. The number of carbonyl (C=O) groups is 1. The van der Waals surface area contributed by atoms with Crippen molar-refractivity contribution in [1.29, 1.82) is 0 Å². The topological polar surface area (TPSA) is 94.2 Å². The Balaban J connectivity index is 1.88. The molecule has 1 atom stereocenters. The Labute approximate surface area is 183 Å². The monoisotopic (exact) mass is 448 g/mol. The van der Waals surface area contributed by atoms with E-state index in [4.69, 9.17) is 14.2 Å². The van der Waals surface area contributed by atoms with Gasteiger partial charge in [0.1, 0.15) is 29.4 Å². The molecule has 1 amide bonds. The molecule has 0 bridgehead atoms. The van der Waals surface area contributed by atoms with Crippen LogP contribution in [0.5, 0.6) is 17.2 Å². The zero-order valence-electron chi connectivity index (χ0n) is 18.3. The van der Waals surface area contributed by atoms with E-state index >= 15 is 0 Å². The predicted molar refractivity (Wildman–Crippen MR) is 118 cm³/mol. The van der Waals surface area contributed by atoms with Crippen LogP contribution in [-0.4, -0.2) is 46.9 Å². The van der Waals surface area contributed by atoms with Crippen LogP contribution in [0.1, 0.15) is 31.9 Å². The third-order valence-electron chi connectivity index (χ3n) is 5.05. The molecule has 0 aliphatic carbocycles. The SMILES string of the molecule is COc1ccc(OC)c(N(CC(=O)N[C@H]2CC(C)(C)Oc3ccccc32)S(C)(=O)=O)c1. The van der Waals surface area contributed by atoms with Crippen molar-refractivity contribution in [3.8, 4) is 17.2 Å². The molecule has 2 aromatic rings. The molecule has 168 valence electrons. The van der Waals surface area contributed by atoms with Crippen molar-refractivity contribution in [2.75, 3.05) is 31.3 Å². The van der Waals surface area contributed by atoms with Crippen LogP contribution in [0.4, 0.5) is 5.69 Å². The molecule has 0 unspecified atom stereocenters. The third-order valence-corrected chi connectivity index (χ3v) is 6.18. The van der Waals surface area contributed by atoms with Gasteiger partial charge in [0, 0.05) is 18.1 Å². The van der Waals surface area contributed by atoms with Gasteiger partial charge in [0.05, 0.1) is 32.2 Å². The van der Waals surface area contributed by atoms with Gasteiger partial charge in [-0.3, -0.25) is 9.10 Å². The van der Waals surface area contributed by atoms with E-state index in [0.29, 0.717) is 23.7 Å². The number of hydrogen-bond acceptors (Lipinski definition) is 6. The molecular weight excluding hydrogens is 420 g/mol. The van der Waals surface area contributed by atoms with Crippen molar-refractivity contribution in [2.45, 2.75) is 31.9 Å². The number of carbonyl (C=O) groups excluding carboxylic acids is 1. The summed E-state index contributed by atoms with van der Waals surface area (Å²) in [5.41, 5.74) is 0.617. The van der Waals surface area contributed by atoms with Gasteiger partial charge in [-0.15, -0.1) is 0 Å². The number of methoxy groups -OCH3 is 2. The molecule has 0 fully saturated rings. The first-order chi connectivity index (χ1) is 14.5. The van der Waals surface area contributed by atoms with E-state index in [-0.39, 0.29) is 11.7 Å². The summed E-state index contributed by atoms with van der Waals surface area (Å²) in [6.45, 7) is 3.50. The summed E-state index contributed by atoms with van der Waals surface area (Å²) < 4.78 is 42.7. The molecule has 1 aliphatic rings. The summed E-state index contributed by atoms with van der Waals surface area (Å²) in [5, 5.41) is 2.97. The maximum Gasteiger partial charge on any atom is 0.241 e. The first-order valence-corrected chi connectivity index (χ1v) is 11.7. The largest absolute Gasteiger partial charge is 0.497 e. The predicted octanol–water partition coefficient (Wildman–Crippen LogP) is 2.89. The van der Waals surface area contributed by atoms with Crippen LogP contribution in [-0.2, 0) is 14.8 Å². The van der Waals surface area contributed by atoms with E-state index in [1.54, 1.807) is 12.1 Å². The normalized spacial score (nSPS) is 17.1. The third kappa shape index (κ3) is 5.22. The van der Waals surface area contributed by atoms with E-state index < -0.39 is 28.1 Å². The molecule has 1 heterocycles. The summed E-state index contributed by atoms with van der Waals surface area (Å²) in [6.07, 6.45) is 1.60. The number of anilines is 1. The fraction of sp³-hybridized carbons (Fsp3) is 0.409. The number of nitrogens with one attached hydrogen (secondary N) is 1. The molecule has 0 radical (unpaired) electrons. The number of rotatable bonds is 7. The van der Waals surface area contributed by atoms with Crippen molar-refractivity contribution in [3.63, 3.8) is 0 Å². The molecule has 31 heavy (non-hydrogen) atoms. The van der Waals surface area contributed by atoms with Crippen molar-refractivity contribution in [2.24, 2.45) is 0 Å². The Morgan fingerprint density at radius 3 is 2.55 bits per heavy atom. The summed E-state index contributed by atoms with van der Waals surface area (Å²) in [5.74, 6) is 1.04. The van der Waals surface area contributed by atoms with Crippen molar-refractivity contribution in [3.05, 3.63) is 48.0 Å². The number of sulfonamides is 1. The Bertz CT molecular complexity index is 1070. The number of nitrogens with zero attached hydrogens (tertiary/aromatic N) is 1. The maximum absolute atomic E-state index is 13.0. The van der Waals surface area contributed by atoms with Crippen molar-refractivity contribution in [1.82, 2.24) is 5.32 Å². The van der Waals surface area contributed by atoms with Gasteiger partial charge < -0.3 is 19.5 Å².